The van der Waals surface area contributed by atoms with Crippen LogP contribution in [0.4, 0.5) is 4.39 Å². The number of methoxy groups -OCH3 is 1. The second-order valence-electron chi connectivity index (χ2n) is 6.19. The Morgan fingerprint density at radius 3 is 2.46 bits per heavy atom. The third kappa shape index (κ3) is 4.49. The van der Waals surface area contributed by atoms with Gasteiger partial charge in [0.05, 0.1) is 30.8 Å². The van der Waals surface area contributed by atoms with E-state index in [1.165, 1.54) is 35.7 Å². The summed E-state index contributed by atoms with van der Waals surface area (Å²) in [5, 5.41) is 2.62. The SMILES string of the molecule is COc1ccc(C(=O)NCc2ccc(S(=O)(=O)N3CCOCC3)cc2)c(F)c1. The summed E-state index contributed by atoms with van der Waals surface area (Å²) in [5.74, 6) is -0.917. The molecule has 1 fully saturated rings. The van der Waals surface area contributed by atoms with E-state index in [0.717, 1.165) is 6.07 Å². The van der Waals surface area contributed by atoms with Crippen LogP contribution in [0.1, 0.15) is 15.9 Å². The van der Waals surface area contributed by atoms with Crippen LogP contribution in [-0.2, 0) is 21.3 Å². The lowest BCUT2D eigenvalue weighted by atomic mass is 10.1. The molecule has 28 heavy (non-hydrogen) atoms. The standard InChI is InChI=1S/C19H21FN2O5S/c1-26-15-4-7-17(18(20)12-15)19(23)21-13-14-2-5-16(6-3-14)28(24,25)22-8-10-27-11-9-22/h2-7,12H,8-11,13H2,1H3,(H,21,23). The summed E-state index contributed by atoms with van der Waals surface area (Å²) in [4.78, 5) is 12.4. The van der Waals surface area contributed by atoms with Crippen molar-refractivity contribution in [2.75, 3.05) is 33.4 Å². The quantitative estimate of drug-likeness (QED) is 0.788. The number of sulfonamides is 1. The van der Waals surface area contributed by atoms with Crippen molar-refractivity contribution in [2.45, 2.75) is 11.4 Å². The van der Waals surface area contributed by atoms with E-state index < -0.39 is 21.7 Å². The van der Waals surface area contributed by atoms with Gasteiger partial charge in [-0.15, -0.1) is 0 Å². The Bertz CT molecular complexity index is 941. The van der Waals surface area contributed by atoms with E-state index in [9.17, 15) is 17.6 Å². The molecule has 3 rings (SSSR count). The Morgan fingerprint density at radius 2 is 1.86 bits per heavy atom. The predicted octanol–water partition coefficient (Wildman–Crippen LogP) is 1.79. The molecule has 0 bridgehead atoms. The van der Waals surface area contributed by atoms with Crippen LogP contribution in [-0.4, -0.2) is 52.0 Å². The van der Waals surface area contributed by atoms with Gasteiger partial charge in [-0.2, -0.15) is 4.31 Å². The van der Waals surface area contributed by atoms with Crippen LogP contribution in [0.15, 0.2) is 47.4 Å². The number of halogens is 1. The highest BCUT2D eigenvalue weighted by Gasteiger charge is 2.26. The van der Waals surface area contributed by atoms with E-state index in [0.29, 0.717) is 37.6 Å². The summed E-state index contributed by atoms with van der Waals surface area (Å²) in [5.41, 5.74) is 0.607. The first-order chi connectivity index (χ1) is 13.4. The molecular weight excluding hydrogens is 387 g/mol. The fraction of sp³-hybridized carbons (Fsp3) is 0.316. The van der Waals surface area contributed by atoms with Crippen molar-refractivity contribution in [1.29, 1.82) is 0 Å². The molecular formula is C19H21FN2O5S. The number of ether oxygens (including phenoxy) is 2. The fourth-order valence-electron chi connectivity index (χ4n) is 2.80. The molecule has 0 saturated carbocycles. The largest absolute Gasteiger partial charge is 0.497 e. The Labute approximate surface area is 163 Å². The Morgan fingerprint density at radius 1 is 1.18 bits per heavy atom. The van der Waals surface area contributed by atoms with Gasteiger partial charge in [0, 0.05) is 25.7 Å². The maximum Gasteiger partial charge on any atom is 0.254 e. The molecule has 1 aliphatic rings. The minimum atomic E-state index is -3.56. The molecule has 9 heteroatoms. The molecule has 1 aliphatic heterocycles. The van der Waals surface area contributed by atoms with Crippen LogP contribution in [0.2, 0.25) is 0 Å². The highest BCUT2D eigenvalue weighted by Crippen LogP contribution is 2.18. The average Bonchev–Trinajstić information content (AvgIpc) is 2.72. The molecule has 0 atom stereocenters. The first-order valence-electron chi connectivity index (χ1n) is 8.70. The van der Waals surface area contributed by atoms with Crippen molar-refractivity contribution in [3.05, 3.63) is 59.4 Å². The monoisotopic (exact) mass is 408 g/mol. The first-order valence-corrected chi connectivity index (χ1v) is 10.1. The number of nitrogens with one attached hydrogen (secondary N) is 1. The van der Waals surface area contributed by atoms with Crippen molar-refractivity contribution in [1.82, 2.24) is 9.62 Å². The molecule has 150 valence electrons. The summed E-state index contributed by atoms with van der Waals surface area (Å²) < 4.78 is 50.6. The van der Waals surface area contributed by atoms with Gasteiger partial charge in [0.15, 0.2) is 0 Å². The number of carbonyl (C=O) groups is 1. The van der Waals surface area contributed by atoms with Crippen LogP contribution in [0.3, 0.4) is 0 Å². The van der Waals surface area contributed by atoms with Gasteiger partial charge in [-0.25, -0.2) is 12.8 Å². The Kier molecular flexibility index (Phi) is 6.28. The van der Waals surface area contributed by atoms with E-state index >= 15 is 0 Å². The van der Waals surface area contributed by atoms with Crippen molar-refractivity contribution in [3.63, 3.8) is 0 Å². The van der Waals surface area contributed by atoms with Crippen molar-refractivity contribution < 1.29 is 27.1 Å². The van der Waals surface area contributed by atoms with Crippen LogP contribution in [0, 0.1) is 5.82 Å². The number of morpholine rings is 1. The minimum Gasteiger partial charge on any atom is -0.497 e. The molecule has 2 aromatic carbocycles. The molecule has 0 radical (unpaired) electrons. The van der Waals surface area contributed by atoms with E-state index in [4.69, 9.17) is 9.47 Å². The summed E-state index contributed by atoms with van der Waals surface area (Å²) in [6.45, 7) is 1.56. The predicted molar refractivity (Wildman–Crippen MR) is 100 cm³/mol. The Hall–Kier alpha value is -2.49. The molecule has 0 spiro atoms. The lowest BCUT2D eigenvalue weighted by molar-refractivity contribution is 0.0730. The molecule has 0 unspecified atom stereocenters. The van der Waals surface area contributed by atoms with Gasteiger partial charge in [-0.05, 0) is 29.8 Å². The van der Waals surface area contributed by atoms with Gasteiger partial charge in [-0.3, -0.25) is 4.79 Å². The third-order valence-electron chi connectivity index (χ3n) is 4.41. The number of hydrogen-bond acceptors (Lipinski definition) is 5. The van der Waals surface area contributed by atoms with Gasteiger partial charge in [-0.1, -0.05) is 12.1 Å². The molecule has 0 aliphatic carbocycles. The lowest BCUT2D eigenvalue weighted by Crippen LogP contribution is -2.40. The zero-order valence-corrected chi connectivity index (χ0v) is 16.2. The second kappa shape index (κ2) is 8.68. The lowest BCUT2D eigenvalue weighted by Gasteiger charge is -2.26. The fourth-order valence-corrected chi connectivity index (χ4v) is 4.21. The number of nitrogens with zero attached hydrogens (tertiary/aromatic N) is 1. The second-order valence-corrected chi connectivity index (χ2v) is 8.13. The van der Waals surface area contributed by atoms with Crippen LogP contribution < -0.4 is 10.1 Å². The van der Waals surface area contributed by atoms with E-state index in [2.05, 4.69) is 5.32 Å². The molecule has 1 heterocycles. The van der Waals surface area contributed by atoms with Gasteiger partial charge in [0.2, 0.25) is 10.0 Å². The number of hydrogen-bond donors (Lipinski definition) is 1. The molecule has 1 amide bonds. The summed E-state index contributed by atoms with van der Waals surface area (Å²) in [6.07, 6.45) is 0. The average molecular weight is 408 g/mol. The van der Waals surface area contributed by atoms with Crippen LogP contribution in [0.25, 0.3) is 0 Å². The van der Waals surface area contributed by atoms with E-state index in [-0.39, 0.29) is 17.0 Å². The molecule has 0 aromatic heterocycles. The van der Waals surface area contributed by atoms with Crippen molar-refractivity contribution in [3.8, 4) is 5.75 Å². The van der Waals surface area contributed by atoms with Crippen molar-refractivity contribution >= 4 is 15.9 Å². The first kappa shape index (κ1) is 20.2. The van der Waals surface area contributed by atoms with Gasteiger partial charge in [0.25, 0.3) is 5.91 Å². The number of carbonyl (C=O) groups excluding carboxylic acids is 1. The van der Waals surface area contributed by atoms with Crippen LogP contribution >= 0.6 is 0 Å². The van der Waals surface area contributed by atoms with Gasteiger partial charge >= 0.3 is 0 Å². The number of rotatable bonds is 6. The summed E-state index contributed by atoms with van der Waals surface area (Å²) >= 11 is 0. The zero-order chi connectivity index (χ0) is 20.1. The normalized spacial score (nSPS) is 15.2. The van der Waals surface area contributed by atoms with Gasteiger partial charge < -0.3 is 14.8 Å². The van der Waals surface area contributed by atoms with Crippen molar-refractivity contribution in [2.24, 2.45) is 0 Å². The zero-order valence-electron chi connectivity index (χ0n) is 15.4. The van der Waals surface area contributed by atoms with Gasteiger partial charge in [0.1, 0.15) is 11.6 Å². The molecule has 1 saturated heterocycles. The maximum atomic E-state index is 14.0. The van der Waals surface area contributed by atoms with E-state index in [1.807, 2.05) is 0 Å². The highest BCUT2D eigenvalue weighted by molar-refractivity contribution is 7.89. The summed E-state index contributed by atoms with van der Waals surface area (Å²) in [7, 11) is -2.15. The molecule has 2 aromatic rings. The molecule has 7 nitrogen and oxygen atoms in total. The minimum absolute atomic E-state index is 0.0904. The Balaban J connectivity index is 1.63. The third-order valence-corrected chi connectivity index (χ3v) is 6.32. The smallest absolute Gasteiger partial charge is 0.254 e. The maximum absolute atomic E-state index is 14.0. The number of amides is 1. The molecule has 1 N–H and O–H groups in total. The topological polar surface area (TPSA) is 84.9 Å². The summed E-state index contributed by atoms with van der Waals surface area (Å²) in [6, 6.07) is 10.2. The highest BCUT2D eigenvalue weighted by atomic mass is 32.2. The van der Waals surface area contributed by atoms with E-state index in [1.54, 1.807) is 12.1 Å². The number of benzene rings is 2. The van der Waals surface area contributed by atoms with Crippen LogP contribution in [0.5, 0.6) is 5.75 Å².